The zero-order valence-corrected chi connectivity index (χ0v) is 11.0. The van der Waals surface area contributed by atoms with Gasteiger partial charge >= 0.3 is 5.97 Å². The average Bonchev–Trinajstić information content (AvgIpc) is 2.37. The second-order valence-electron chi connectivity index (χ2n) is 4.21. The standard InChI is InChI=1S/C13H16FNO4/c1-8(13(17)18)6-12(16)15(2)10-7-9(14)4-5-11(10)19-3/h4-5,7-8H,6H2,1-3H3,(H,17,18). The molecule has 0 spiro atoms. The van der Waals surface area contributed by atoms with Gasteiger partial charge in [0.15, 0.2) is 0 Å². The smallest absolute Gasteiger partial charge is 0.306 e. The van der Waals surface area contributed by atoms with Crippen LogP contribution < -0.4 is 9.64 Å². The third-order valence-corrected chi connectivity index (χ3v) is 2.78. The molecule has 1 atom stereocenters. The molecule has 19 heavy (non-hydrogen) atoms. The Kier molecular flexibility index (Phi) is 4.86. The molecule has 0 aliphatic rings. The summed E-state index contributed by atoms with van der Waals surface area (Å²) in [6.07, 6.45) is -0.161. The Labute approximate surface area is 110 Å². The fourth-order valence-electron chi connectivity index (χ4n) is 1.55. The van der Waals surface area contributed by atoms with Crippen molar-refractivity contribution >= 4 is 17.6 Å². The average molecular weight is 269 g/mol. The van der Waals surface area contributed by atoms with Gasteiger partial charge in [-0.3, -0.25) is 9.59 Å². The molecule has 0 aromatic heterocycles. The predicted molar refractivity (Wildman–Crippen MR) is 67.8 cm³/mol. The minimum atomic E-state index is -1.05. The molecule has 0 saturated heterocycles. The Morgan fingerprint density at radius 2 is 2.11 bits per heavy atom. The number of carbonyl (C=O) groups is 2. The van der Waals surface area contributed by atoms with Gasteiger partial charge in [0.1, 0.15) is 11.6 Å². The molecular formula is C13H16FNO4. The summed E-state index contributed by atoms with van der Waals surface area (Å²) in [5, 5.41) is 8.77. The Hall–Kier alpha value is -2.11. The Bertz CT molecular complexity index is 490. The molecule has 1 aromatic rings. The minimum absolute atomic E-state index is 0.161. The number of carboxylic acid groups (broad SMARTS) is 1. The zero-order valence-electron chi connectivity index (χ0n) is 11.0. The van der Waals surface area contributed by atoms with E-state index in [1.807, 2.05) is 0 Å². The van der Waals surface area contributed by atoms with Crippen LogP contribution in [0.2, 0.25) is 0 Å². The molecule has 1 rings (SSSR count). The van der Waals surface area contributed by atoms with E-state index < -0.39 is 23.6 Å². The maximum atomic E-state index is 13.2. The molecule has 1 amide bonds. The third-order valence-electron chi connectivity index (χ3n) is 2.78. The fourth-order valence-corrected chi connectivity index (χ4v) is 1.55. The summed E-state index contributed by atoms with van der Waals surface area (Å²) in [5.41, 5.74) is 0.269. The zero-order chi connectivity index (χ0) is 14.6. The number of methoxy groups -OCH3 is 1. The van der Waals surface area contributed by atoms with Crippen LogP contribution in [0.25, 0.3) is 0 Å². The number of rotatable bonds is 5. The van der Waals surface area contributed by atoms with Crippen LogP contribution in [0.15, 0.2) is 18.2 Å². The van der Waals surface area contributed by atoms with Crippen LogP contribution >= 0.6 is 0 Å². The lowest BCUT2D eigenvalue weighted by atomic mass is 10.1. The number of aliphatic carboxylic acids is 1. The van der Waals surface area contributed by atoms with Crippen LogP contribution in [0.1, 0.15) is 13.3 Å². The molecule has 1 aromatic carbocycles. The number of carbonyl (C=O) groups excluding carboxylic acids is 1. The molecule has 6 heteroatoms. The van der Waals surface area contributed by atoms with Crippen molar-refractivity contribution in [2.24, 2.45) is 5.92 Å². The van der Waals surface area contributed by atoms with Gasteiger partial charge < -0.3 is 14.7 Å². The van der Waals surface area contributed by atoms with Crippen LogP contribution in [-0.2, 0) is 9.59 Å². The van der Waals surface area contributed by atoms with Crippen molar-refractivity contribution < 1.29 is 23.8 Å². The van der Waals surface area contributed by atoms with Crippen molar-refractivity contribution in [3.8, 4) is 5.75 Å². The van der Waals surface area contributed by atoms with Crippen molar-refractivity contribution in [1.29, 1.82) is 0 Å². The van der Waals surface area contributed by atoms with Crippen molar-refractivity contribution in [3.63, 3.8) is 0 Å². The van der Waals surface area contributed by atoms with Gasteiger partial charge in [-0.05, 0) is 12.1 Å². The van der Waals surface area contributed by atoms with Gasteiger partial charge in [-0.2, -0.15) is 0 Å². The lowest BCUT2D eigenvalue weighted by Gasteiger charge is -2.20. The molecule has 0 aliphatic heterocycles. The first-order valence-corrected chi connectivity index (χ1v) is 5.69. The first kappa shape index (κ1) is 14.9. The highest BCUT2D eigenvalue weighted by molar-refractivity contribution is 5.96. The molecule has 5 nitrogen and oxygen atoms in total. The number of amides is 1. The van der Waals surface area contributed by atoms with E-state index in [4.69, 9.17) is 9.84 Å². The first-order valence-electron chi connectivity index (χ1n) is 5.69. The van der Waals surface area contributed by atoms with Crippen LogP contribution in [0.4, 0.5) is 10.1 Å². The topological polar surface area (TPSA) is 66.8 Å². The molecule has 1 N–H and O–H groups in total. The molecule has 0 aliphatic carbocycles. The lowest BCUT2D eigenvalue weighted by molar-refractivity contribution is -0.143. The molecule has 104 valence electrons. The van der Waals surface area contributed by atoms with Crippen LogP contribution in [0.3, 0.4) is 0 Å². The van der Waals surface area contributed by atoms with Gasteiger partial charge in [0.25, 0.3) is 0 Å². The van der Waals surface area contributed by atoms with E-state index in [0.29, 0.717) is 5.75 Å². The van der Waals surface area contributed by atoms with E-state index in [0.717, 1.165) is 0 Å². The third kappa shape index (κ3) is 3.67. The van der Waals surface area contributed by atoms with Crippen molar-refractivity contribution in [1.82, 2.24) is 0 Å². The second-order valence-corrected chi connectivity index (χ2v) is 4.21. The van der Waals surface area contributed by atoms with E-state index >= 15 is 0 Å². The van der Waals surface area contributed by atoms with E-state index in [-0.39, 0.29) is 12.1 Å². The van der Waals surface area contributed by atoms with Crippen LogP contribution in [-0.4, -0.2) is 31.1 Å². The monoisotopic (exact) mass is 269 g/mol. The van der Waals surface area contributed by atoms with Gasteiger partial charge in [-0.15, -0.1) is 0 Å². The van der Waals surface area contributed by atoms with E-state index in [1.165, 1.54) is 44.2 Å². The molecule has 0 heterocycles. The maximum absolute atomic E-state index is 13.2. The number of ether oxygens (including phenoxy) is 1. The van der Waals surface area contributed by atoms with Crippen molar-refractivity contribution in [2.45, 2.75) is 13.3 Å². The summed E-state index contributed by atoms with van der Waals surface area (Å²) in [6, 6.07) is 3.80. The molecular weight excluding hydrogens is 253 g/mol. The van der Waals surface area contributed by atoms with Gasteiger partial charge in [0, 0.05) is 19.5 Å². The summed E-state index contributed by atoms with van der Waals surface area (Å²) >= 11 is 0. The number of hydrogen-bond acceptors (Lipinski definition) is 3. The Balaban J connectivity index is 2.93. The fraction of sp³-hybridized carbons (Fsp3) is 0.385. The van der Waals surface area contributed by atoms with Crippen LogP contribution in [0.5, 0.6) is 5.75 Å². The van der Waals surface area contributed by atoms with E-state index in [9.17, 15) is 14.0 Å². The Morgan fingerprint density at radius 1 is 1.47 bits per heavy atom. The first-order chi connectivity index (χ1) is 8.86. The highest BCUT2D eigenvalue weighted by Crippen LogP contribution is 2.28. The highest BCUT2D eigenvalue weighted by Gasteiger charge is 2.21. The quantitative estimate of drug-likeness (QED) is 0.886. The molecule has 0 bridgehead atoms. The normalized spacial score (nSPS) is 11.8. The summed E-state index contributed by atoms with van der Waals surface area (Å²) < 4.78 is 18.3. The lowest BCUT2D eigenvalue weighted by Crippen LogP contribution is -2.29. The summed E-state index contributed by atoms with van der Waals surface area (Å²) in [4.78, 5) is 23.8. The van der Waals surface area contributed by atoms with E-state index in [1.54, 1.807) is 0 Å². The molecule has 0 radical (unpaired) electrons. The SMILES string of the molecule is COc1ccc(F)cc1N(C)C(=O)CC(C)C(=O)O. The predicted octanol–water partition coefficient (Wildman–Crippen LogP) is 1.91. The molecule has 1 unspecified atom stereocenters. The largest absolute Gasteiger partial charge is 0.495 e. The minimum Gasteiger partial charge on any atom is -0.495 e. The number of nitrogens with zero attached hydrogens (tertiary/aromatic N) is 1. The van der Waals surface area contributed by atoms with E-state index in [2.05, 4.69) is 0 Å². The van der Waals surface area contributed by atoms with Gasteiger partial charge in [-0.25, -0.2) is 4.39 Å². The maximum Gasteiger partial charge on any atom is 0.306 e. The summed E-state index contributed by atoms with van der Waals surface area (Å²) in [7, 11) is 2.86. The second kappa shape index (κ2) is 6.17. The number of carboxylic acids is 1. The Morgan fingerprint density at radius 3 is 2.63 bits per heavy atom. The van der Waals surface area contributed by atoms with Gasteiger partial charge in [-0.1, -0.05) is 6.92 Å². The van der Waals surface area contributed by atoms with Gasteiger partial charge in [0.05, 0.1) is 18.7 Å². The summed E-state index contributed by atoms with van der Waals surface area (Å²) in [5.74, 6) is -2.41. The van der Waals surface area contributed by atoms with Crippen molar-refractivity contribution in [3.05, 3.63) is 24.0 Å². The number of halogens is 1. The number of hydrogen-bond donors (Lipinski definition) is 1. The number of anilines is 1. The molecule has 0 fully saturated rings. The van der Waals surface area contributed by atoms with Gasteiger partial charge in [0.2, 0.25) is 5.91 Å². The molecule has 0 saturated carbocycles. The van der Waals surface area contributed by atoms with Crippen molar-refractivity contribution in [2.75, 3.05) is 19.1 Å². The summed E-state index contributed by atoms with van der Waals surface area (Å²) in [6.45, 7) is 1.44. The van der Waals surface area contributed by atoms with Crippen LogP contribution in [0, 0.1) is 11.7 Å². The number of benzene rings is 1. The highest BCUT2D eigenvalue weighted by atomic mass is 19.1.